The minimum atomic E-state index is -4.07. The molecule has 2 aromatic rings. The first-order valence-electron chi connectivity index (χ1n) is 7.24. The Balaban J connectivity index is 2.47. The van der Waals surface area contributed by atoms with E-state index in [0.29, 0.717) is 0 Å². The third-order valence-electron chi connectivity index (χ3n) is 3.34. The molecule has 0 bridgehead atoms. The number of hydrogen-bond acceptors (Lipinski definition) is 6. The summed E-state index contributed by atoms with van der Waals surface area (Å²) in [7, 11) is -2.93. The highest BCUT2D eigenvalue weighted by Crippen LogP contribution is 2.28. The van der Waals surface area contributed by atoms with E-state index in [1.807, 2.05) is 0 Å². The number of methoxy groups -OCH3 is 1. The van der Waals surface area contributed by atoms with E-state index < -0.39 is 27.6 Å². The molecular formula is C15H14Cl2FN3O4S. The van der Waals surface area contributed by atoms with Gasteiger partial charge in [-0.3, -0.25) is 4.31 Å². The molecule has 7 nitrogen and oxygen atoms in total. The zero-order valence-electron chi connectivity index (χ0n) is 13.7. The van der Waals surface area contributed by atoms with Crippen LogP contribution in [0.1, 0.15) is 23.0 Å². The van der Waals surface area contributed by atoms with Gasteiger partial charge in [0.2, 0.25) is 10.0 Å². The zero-order chi connectivity index (χ0) is 19.5. The van der Waals surface area contributed by atoms with Crippen LogP contribution in [0.3, 0.4) is 0 Å². The monoisotopic (exact) mass is 421 g/mol. The number of nitrogens with zero attached hydrogens (tertiary/aromatic N) is 3. The lowest BCUT2D eigenvalue weighted by molar-refractivity contribution is 0.0594. The molecule has 0 N–H and O–H groups in total. The standard InChI is InChI=1S/C15H14Cl2FN3O4S/c1-3-21(14-13(15(22)25-2)19-4-5-20-14)26(23,24)8-9-6-12(18)11(17)7-10(9)16/h4-7H,3,8H2,1-2H3. The smallest absolute Gasteiger partial charge is 0.360 e. The Labute approximate surface area is 159 Å². The maximum Gasteiger partial charge on any atom is 0.360 e. The van der Waals surface area contributed by atoms with Crippen molar-refractivity contribution in [1.82, 2.24) is 9.97 Å². The van der Waals surface area contributed by atoms with Crippen molar-refractivity contribution in [3.63, 3.8) is 0 Å². The quantitative estimate of drug-likeness (QED) is 0.525. The molecule has 11 heteroatoms. The average molecular weight is 422 g/mol. The van der Waals surface area contributed by atoms with Gasteiger partial charge < -0.3 is 4.74 Å². The van der Waals surface area contributed by atoms with Crippen molar-refractivity contribution >= 4 is 45.0 Å². The molecule has 0 fully saturated rings. The number of halogens is 3. The Morgan fingerprint density at radius 2 is 1.88 bits per heavy atom. The number of ether oxygens (including phenoxy) is 1. The largest absolute Gasteiger partial charge is 0.464 e. The SMILES string of the molecule is CCN(c1nccnc1C(=O)OC)S(=O)(=O)Cc1cc(F)c(Cl)cc1Cl. The average Bonchev–Trinajstić information content (AvgIpc) is 2.59. The van der Waals surface area contributed by atoms with E-state index in [1.54, 1.807) is 6.92 Å². The fraction of sp³-hybridized carbons (Fsp3) is 0.267. The molecule has 2 rings (SSSR count). The van der Waals surface area contributed by atoms with Gasteiger partial charge in [-0.25, -0.2) is 27.6 Å². The van der Waals surface area contributed by atoms with E-state index in [1.165, 1.54) is 12.4 Å². The molecule has 0 radical (unpaired) electrons. The highest BCUT2D eigenvalue weighted by atomic mass is 35.5. The minimum Gasteiger partial charge on any atom is -0.464 e. The van der Waals surface area contributed by atoms with Gasteiger partial charge in [0, 0.05) is 24.0 Å². The lowest BCUT2D eigenvalue weighted by atomic mass is 10.2. The lowest BCUT2D eigenvalue weighted by Gasteiger charge is -2.23. The Bertz CT molecular complexity index is 940. The van der Waals surface area contributed by atoms with Gasteiger partial charge in [-0.05, 0) is 24.6 Å². The number of esters is 1. The number of hydrogen-bond donors (Lipinski definition) is 0. The molecule has 0 spiro atoms. The molecular weight excluding hydrogens is 408 g/mol. The van der Waals surface area contributed by atoms with Crippen LogP contribution in [0.25, 0.3) is 0 Å². The summed E-state index contributed by atoms with van der Waals surface area (Å²) in [5.41, 5.74) is -0.232. The molecule has 0 saturated carbocycles. The summed E-state index contributed by atoms with van der Waals surface area (Å²) in [5.74, 6) is -2.44. The van der Waals surface area contributed by atoms with Crippen molar-refractivity contribution in [2.45, 2.75) is 12.7 Å². The number of anilines is 1. The maximum atomic E-state index is 13.7. The summed E-state index contributed by atoms with van der Waals surface area (Å²) >= 11 is 11.6. The van der Waals surface area contributed by atoms with Gasteiger partial charge in [0.25, 0.3) is 0 Å². The number of sulfonamides is 1. The number of benzene rings is 1. The summed E-state index contributed by atoms with van der Waals surface area (Å²) < 4.78 is 44.8. The highest BCUT2D eigenvalue weighted by molar-refractivity contribution is 7.92. The Morgan fingerprint density at radius 3 is 2.50 bits per heavy atom. The normalized spacial score (nSPS) is 11.3. The first kappa shape index (κ1) is 20.3. The van der Waals surface area contributed by atoms with Crippen molar-refractivity contribution in [2.24, 2.45) is 0 Å². The molecule has 0 aliphatic carbocycles. The molecule has 1 heterocycles. The Morgan fingerprint density at radius 1 is 1.23 bits per heavy atom. The van der Waals surface area contributed by atoms with Crippen LogP contribution in [0, 0.1) is 5.82 Å². The molecule has 0 saturated heterocycles. The third kappa shape index (κ3) is 4.22. The number of carbonyl (C=O) groups excluding carboxylic acids is 1. The maximum absolute atomic E-state index is 13.7. The van der Waals surface area contributed by atoms with Gasteiger partial charge in [-0.2, -0.15) is 0 Å². The van der Waals surface area contributed by atoms with Crippen molar-refractivity contribution < 1.29 is 22.3 Å². The molecule has 0 aliphatic rings. The first-order chi connectivity index (χ1) is 12.2. The van der Waals surface area contributed by atoms with Crippen LogP contribution in [-0.2, 0) is 20.5 Å². The molecule has 140 valence electrons. The Hall–Kier alpha value is -1.97. The molecule has 0 unspecified atom stereocenters. The topological polar surface area (TPSA) is 89.5 Å². The molecule has 0 amide bonds. The molecule has 1 aromatic heterocycles. The van der Waals surface area contributed by atoms with E-state index in [0.717, 1.165) is 23.5 Å². The van der Waals surface area contributed by atoms with Gasteiger partial charge in [0.15, 0.2) is 11.5 Å². The van der Waals surface area contributed by atoms with Crippen LogP contribution >= 0.6 is 23.2 Å². The first-order valence-corrected chi connectivity index (χ1v) is 9.61. The summed E-state index contributed by atoms with van der Waals surface area (Å²) in [6, 6.07) is 2.08. The summed E-state index contributed by atoms with van der Waals surface area (Å²) in [6.45, 7) is 1.51. The van der Waals surface area contributed by atoms with Crippen LogP contribution in [0.2, 0.25) is 10.0 Å². The van der Waals surface area contributed by atoms with E-state index >= 15 is 0 Å². The van der Waals surface area contributed by atoms with E-state index in [-0.39, 0.29) is 33.7 Å². The summed E-state index contributed by atoms with van der Waals surface area (Å²) in [4.78, 5) is 19.6. The van der Waals surface area contributed by atoms with Crippen LogP contribution < -0.4 is 4.31 Å². The second kappa shape index (κ2) is 8.15. The minimum absolute atomic E-state index is 0.00312. The fourth-order valence-corrected chi connectivity index (χ4v) is 4.29. The van der Waals surface area contributed by atoms with Crippen molar-refractivity contribution in [1.29, 1.82) is 0 Å². The van der Waals surface area contributed by atoms with Crippen LogP contribution in [0.4, 0.5) is 10.2 Å². The number of carbonyl (C=O) groups is 1. The second-order valence-electron chi connectivity index (χ2n) is 5.00. The van der Waals surface area contributed by atoms with Crippen molar-refractivity contribution in [3.05, 3.63) is 51.6 Å². The molecule has 0 aliphatic heterocycles. The van der Waals surface area contributed by atoms with Gasteiger partial charge in [-0.15, -0.1) is 0 Å². The van der Waals surface area contributed by atoms with Crippen molar-refractivity contribution in [3.8, 4) is 0 Å². The van der Waals surface area contributed by atoms with Gasteiger partial charge in [0.05, 0.1) is 17.9 Å². The number of rotatable bonds is 6. The summed E-state index contributed by atoms with van der Waals surface area (Å²) in [6.07, 6.45) is 2.48. The second-order valence-corrected chi connectivity index (χ2v) is 7.71. The van der Waals surface area contributed by atoms with Gasteiger partial charge >= 0.3 is 5.97 Å². The van der Waals surface area contributed by atoms with Crippen LogP contribution in [0.15, 0.2) is 24.5 Å². The fourth-order valence-electron chi connectivity index (χ4n) is 2.18. The summed E-state index contributed by atoms with van der Waals surface area (Å²) in [5, 5.41) is -0.214. The number of aromatic nitrogens is 2. The highest BCUT2D eigenvalue weighted by Gasteiger charge is 2.29. The zero-order valence-corrected chi connectivity index (χ0v) is 16.1. The van der Waals surface area contributed by atoms with Gasteiger partial charge in [-0.1, -0.05) is 23.2 Å². The predicted octanol–water partition coefficient (Wildman–Crippen LogP) is 3.07. The van der Waals surface area contributed by atoms with Crippen molar-refractivity contribution in [2.75, 3.05) is 18.0 Å². The van der Waals surface area contributed by atoms with E-state index in [4.69, 9.17) is 23.2 Å². The molecule has 0 atom stereocenters. The van der Waals surface area contributed by atoms with E-state index in [2.05, 4.69) is 14.7 Å². The molecule has 26 heavy (non-hydrogen) atoms. The van der Waals surface area contributed by atoms with E-state index in [9.17, 15) is 17.6 Å². The predicted molar refractivity (Wildman–Crippen MR) is 95.4 cm³/mol. The van der Waals surface area contributed by atoms with Crippen LogP contribution in [-0.4, -0.2) is 38.0 Å². The Kier molecular flexibility index (Phi) is 6.38. The van der Waals surface area contributed by atoms with Gasteiger partial charge in [0.1, 0.15) is 5.82 Å². The third-order valence-corrected chi connectivity index (χ3v) is 5.76. The lowest BCUT2D eigenvalue weighted by Crippen LogP contribution is -2.34. The van der Waals surface area contributed by atoms with Crippen LogP contribution in [0.5, 0.6) is 0 Å². The molecule has 1 aromatic carbocycles.